The van der Waals surface area contributed by atoms with E-state index in [-0.39, 0.29) is 5.91 Å². The summed E-state index contributed by atoms with van der Waals surface area (Å²) < 4.78 is 0. The molecule has 1 N–H and O–H groups in total. The lowest BCUT2D eigenvalue weighted by atomic mass is 10.0. The molecule has 0 atom stereocenters. The third-order valence-corrected chi connectivity index (χ3v) is 3.86. The van der Waals surface area contributed by atoms with E-state index < -0.39 is 0 Å². The van der Waals surface area contributed by atoms with Crippen LogP contribution >= 0.6 is 11.6 Å². The first kappa shape index (κ1) is 15.3. The second kappa shape index (κ2) is 6.63. The number of carbonyl (C=O) groups is 1. The Morgan fingerprint density at radius 2 is 1.65 bits per heavy atom. The second-order valence-corrected chi connectivity index (χ2v) is 5.61. The molecule has 0 heterocycles. The first-order chi connectivity index (χ1) is 11.1. The maximum absolute atomic E-state index is 12.1. The van der Waals surface area contributed by atoms with E-state index in [0.717, 1.165) is 22.0 Å². The van der Waals surface area contributed by atoms with Crippen LogP contribution in [0.15, 0.2) is 71.8 Å². The predicted molar refractivity (Wildman–Crippen MR) is 95.1 cm³/mol. The van der Waals surface area contributed by atoms with Crippen molar-refractivity contribution in [3.8, 4) is 0 Å². The predicted octanol–water partition coefficient (Wildman–Crippen LogP) is 4.65. The van der Waals surface area contributed by atoms with E-state index in [2.05, 4.69) is 22.7 Å². The molecule has 0 aliphatic heterocycles. The molecule has 0 unspecified atom stereocenters. The molecule has 0 saturated carbocycles. The molecule has 3 nitrogen and oxygen atoms in total. The standard InChI is InChI=1S/C19H15ClN2O/c1-13(17-8-4-6-14-5-2-3-7-18(14)17)21-22-19(23)15-9-11-16(20)12-10-15/h2-12H,1H3,(H,22,23). The monoisotopic (exact) mass is 322 g/mol. The van der Waals surface area contributed by atoms with Crippen LogP contribution in [0.1, 0.15) is 22.8 Å². The molecule has 1 amide bonds. The zero-order valence-electron chi connectivity index (χ0n) is 12.6. The van der Waals surface area contributed by atoms with Crippen LogP contribution in [0.4, 0.5) is 0 Å². The Morgan fingerprint density at radius 1 is 0.957 bits per heavy atom. The van der Waals surface area contributed by atoms with Crippen molar-refractivity contribution in [1.29, 1.82) is 0 Å². The number of hydrazone groups is 1. The molecule has 114 valence electrons. The Labute approximate surface area is 139 Å². The van der Waals surface area contributed by atoms with Crippen molar-refractivity contribution in [2.24, 2.45) is 5.10 Å². The van der Waals surface area contributed by atoms with Gasteiger partial charge < -0.3 is 0 Å². The van der Waals surface area contributed by atoms with Crippen molar-refractivity contribution in [3.63, 3.8) is 0 Å². The summed E-state index contributed by atoms with van der Waals surface area (Å²) in [5.74, 6) is -0.263. The number of benzene rings is 3. The van der Waals surface area contributed by atoms with Gasteiger partial charge in [0, 0.05) is 16.1 Å². The van der Waals surface area contributed by atoms with Crippen molar-refractivity contribution >= 4 is 34.0 Å². The highest BCUT2D eigenvalue weighted by molar-refractivity contribution is 6.30. The van der Waals surface area contributed by atoms with Gasteiger partial charge in [0.15, 0.2) is 0 Å². The van der Waals surface area contributed by atoms with Gasteiger partial charge in [-0.15, -0.1) is 0 Å². The molecule has 4 heteroatoms. The topological polar surface area (TPSA) is 41.5 Å². The highest BCUT2D eigenvalue weighted by atomic mass is 35.5. The molecular weight excluding hydrogens is 308 g/mol. The van der Waals surface area contributed by atoms with Gasteiger partial charge in [0.1, 0.15) is 0 Å². The molecule has 0 radical (unpaired) electrons. The summed E-state index contributed by atoms with van der Waals surface area (Å²) in [5.41, 5.74) is 4.86. The Balaban J connectivity index is 1.84. The summed E-state index contributed by atoms with van der Waals surface area (Å²) in [7, 11) is 0. The summed E-state index contributed by atoms with van der Waals surface area (Å²) in [4.78, 5) is 12.1. The van der Waals surface area contributed by atoms with Crippen LogP contribution in [0.2, 0.25) is 5.02 Å². The molecule has 3 aromatic carbocycles. The van der Waals surface area contributed by atoms with E-state index >= 15 is 0 Å². The first-order valence-electron chi connectivity index (χ1n) is 7.23. The lowest BCUT2D eigenvalue weighted by molar-refractivity contribution is 0.0955. The van der Waals surface area contributed by atoms with Crippen LogP contribution in [0.3, 0.4) is 0 Å². The van der Waals surface area contributed by atoms with Crippen LogP contribution in [-0.4, -0.2) is 11.6 Å². The van der Waals surface area contributed by atoms with Crippen molar-refractivity contribution in [2.45, 2.75) is 6.92 Å². The molecule has 0 spiro atoms. The number of hydrogen-bond acceptors (Lipinski definition) is 2. The molecule has 23 heavy (non-hydrogen) atoms. The Morgan fingerprint density at radius 3 is 2.43 bits per heavy atom. The van der Waals surface area contributed by atoms with Crippen molar-refractivity contribution in [3.05, 3.63) is 82.9 Å². The number of halogens is 1. The van der Waals surface area contributed by atoms with Gasteiger partial charge in [-0.3, -0.25) is 4.79 Å². The molecule has 3 rings (SSSR count). The van der Waals surface area contributed by atoms with E-state index in [0.29, 0.717) is 10.6 Å². The Hall–Kier alpha value is -2.65. The number of rotatable bonds is 3. The summed E-state index contributed by atoms with van der Waals surface area (Å²) in [6.45, 7) is 1.88. The van der Waals surface area contributed by atoms with Crippen molar-refractivity contribution in [2.75, 3.05) is 0 Å². The molecule has 0 aliphatic rings. The van der Waals surface area contributed by atoms with Gasteiger partial charge in [0.05, 0.1) is 5.71 Å². The zero-order chi connectivity index (χ0) is 16.2. The zero-order valence-corrected chi connectivity index (χ0v) is 13.3. The fourth-order valence-electron chi connectivity index (χ4n) is 2.40. The van der Waals surface area contributed by atoms with Crippen molar-refractivity contribution in [1.82, 2.24) is 5.43 Å². The lowest BCUT2D eigenvalue weighted by Crippen LogP contribution is -2.19. The van der Waals surface area contributed by atoms with E-state index in [1.807, 2.05) is 37.3 Å². The number of nitrogens with one attached hydrogen (secondary N) is 1. The molecule has 0 aliphatic carbocycles. The number of nitrogens with zero attached hydrogens (tertiary/aromatic N) is 1. The summed E-state index contributed by atoms with van der Waals surface area (Å²) >= 11 is 5.82. The van der Waals surface area contributed by atoms with Crippen LogP contribution < -0.4 is 5.43 Å². The third-order valence-electron chi connectivity index (χ3n) is 3.61. The number of fused-ring (bicyclic) bond motifs is 1. The van der Waals surface area contributed by atoms with Gasteiger partial charge in [0.2, 0.25) is 0 Å². The SMILES string of the molecule is CC(=NNC(=O)c1ccc(Cl)cc1)c1cccc2ccccc12. The molecule has 0 bridgehead atoms. The van der Waals surface area contributed by atoms with Gasteiger partial charge >= 0.3 is 0 Å². The van der Waals surface area contributed by atoms with E-state index in [4.69, 9.17) is 11.6 Å². The Bertz CT molecular complexity index is 880. The minimum absolute atomic E-state index is 0.263. The highest BCUT2D eigenvalue weighted by Crippen LogP contribution is 2.19. The molecule has 0 saturated heterocycles. The summed E-state index contributed by atoms with van der Waals surface area (Å²) in [5, 5.41) is 7.07. The third kappa shape index (κ3) is 3.41. The molecule has 3 aromatic rings. The average molecular weight is 323 g/mol. The Kier molecular flexibility index (Phi) is 4.40. The fourth-order valence-corrected chi connectivity index (χ4v) is 2.53. The summed E-state index contributed by atoms with van der Waals surface area (Å²) in [6, 6.07) is 20.8. The quantitative estimate of drug-likeness (QED) is 0.553. The maximum atomic E-state index is 12.1. The number of amides is 1. The lowest BCUT2D eigenvalue weighted by Gasteiger charge is -2.07. The van der Waals surface area contributed by atoms with Crippen LogP contribution in [-0.2, 0) is 0 Å². The van der Waals surface area contributed by atoms with Gasteiger partial charge in [0.25, 0.3) is 5.91 Å². The van der Waals surface area contributed by atoms with E-state index in [9.17, 15) is 4.79 Å². The molecule has 0 aromatic heterocycles. The second-order valence-electron chi connectivity index (χ2n) is 5.17. The molecule has 0 fully saturated rings. The van der Waals surface area contributed by atoms with Gasteiger partial charge in [-0.1, -0.05) is 54.1 Å². The highest BCUT2D eigenvalue weighted by Gasteiger charge is 2.06. The van der Waals surface area contributed by atoms with Crippen LogP contribution in [0.5, 0.6) is 0 Å². The van der Waals surface area contributed by atoms with Crippen LogP contribution in [0.25, 0.3) is 10.8 Å². The van der Waals surface area contributed by atoms with Gasteiger partial charge in [-0.2, -0.15) is 5.10 Å². The number of carbonyl (C=O) groups excluding carboxylic acids is 1. The normalized spacial score (nSPS) is 11.5. The van der Waals surface area contributed by atoms with Gasteiger partial charge in [-0.25, -0.2) is 5.43 Å². The van der Waals surface area contributed by atoms with Crippen molar-refractivity contribution < 1.29 is 4.79 Å². The first-order valence-corrected chi connectivity index (χ1v) is 7.61. The molecular formula is C19H15ClN2O. The summed E-state index contributed by atoms with van der Waals surface area (Å²) in [6.07, 6.45) is 0. The van der Waals surface area contributed by atoms with Crippen LogP contribution in [0, 0.1) is 0 Å². The maximum Gasteiger partial charge on any atom is 0.271 e. The number of hydrogen-bond donors (Lipinski definition) is 1. The van der Waals surface area contributed by atoms with E-state index in [1.54, 1.807) is 24.3 Å². The minimum Gasteiger partial charge on any atom is -0.267 e. The minimum atomic E-state index is -0.263. The van der Waals surface area contributed by atoms with E-state index in [1.165, 1.54) is 0 Å². The fraction of sp³-hybridized carbons (Fsp3) is 0.0526. The smallest absolute Gasteiger partial charge is 0.267 e. The average Bonchev–Trinajstić information content (AvgIpc) is 2.59. The van der Waals surface area contributed by atoms with Gasteiger partial charge in [-0.05, 0) is 42.0 Å². The largest absolute Gasteiger partial charge is 0.271 e.